The molecule has 1 heterocycles. The summed E-state index contributed by atoms with van der Waals surface area (Å²) in [4.78, 5) is 4.94. The van der Waals surface area contributed by atoms with Gasteiger partial charge in [0.25, 0.3) is 0 Å². The summed E-state index contributed by atoms with van der Waals surface area (Å²) in [5, 5.41) is 0. The predicted molar refractivity (Wildman–Crippen MR) is 35.0 cm³/mol. The van der Waals surface area contributed by atoms with Gasteiger partial charge in [-0.3, -0.25) is 4.84 Å². The van der Waals surface area contributed by atoms with Crippen LogP contribution < -0.4 is 5.48 Å². The Hall–Kier alpha value is -0.160. The standard InChI is InChI=1S/C6H13NO3/c1-6(2)8-4-5(9-6)10-7-3/h5,7H,4H2,1-3H3/t5-/m0/s1. The van der Waals surface area contributed by atoms with Gasteiger partial charge in [0.15, 0.2) is 5.79 Å². The molecule has 0 spiro atoms. The quantitative estimate of drug-likeness (QED) is 0.568. The molecule has 0 aliphatic carbocycles. The zero-order valence-corrected chi connectivity index (χ0v) is 6.51. The van der Waals surface area contributed by atoms with E-state index >= 15 is 0 Å². The van der Waals surface area contributed by atoms with Crippen LogP contribution in [-0.4, -0.2) is 25.7 Å². The first kappa shape index (κ1) is 7.94. The molecule has 1 rings (SSSR count). The molecule has 0 aromatic heterocycles. The molecule has 0 radical (unpaired) electrons. The van der Waals surface area contributed by atoms with Crippen molar-refractivity contribution in [1.29, 1.82) is 0 Å². The van der Waals surface area contributed by atoms with Crippen molar-refractivity contribution < 1.29 is 14.3 Å². The van der Waals surface area contributed by atoms with Gasteiger partial charge in [-0.2, -0.15) is 0 Å². The molecule has 4 nitrogen and oxygen atoms in total. The summed E-state index contributed by atoms with van der Waals surface area (Å²) in [6.45, 7) is 4.19. The highest BCUT2D eigenvalue weighted by atomic mass is 16.9. The molecule has 1 aliphatic heterocycles. The van der Waals surface area contributed by atoms with Gasteiger partial charge in [-0.1, -0.05) is 0 Å². The van der Waals surface area contributed by atoms with Crippen LogP contribution in [0.5, 0.6) is 0 Å². The van der Waals surface area contributed by atoms with Gasteiger partial charge in [0.1, 0.15) is 6.61 Å². The second-order valence-electron chi connectivity index (χ2n) is 2.58. The highest BCUT2D eigenvalue weighted by Crippen LogP contribution is 2.21. The van der Waals surface area contributed by atoms with E-state index in [-0.39, 0.29) is 6.29 Å². The summed E-state index contributed by atoms with van der Waals surface area (Å²) in [5.41, 5.74) is 2.54. The van der Waals surface area contributed by atoms with Crippen molar-refractivity contribution >= 4 is 0 Å². The Kier molecular flexibility index (Phi) is 2.25. The zero-order valence-electron chi connectivity index (χ0n) is 6.51. The lowest BCUT2D eigenvalue weighted by atomic mass is 10.4. The van der Waals surface area contributed by atoms with Gasteiger partial charge in [-0.25, -0.2) is 5.48 Å². The summed E-state index contributed by atoms with van der Waals surface area (Å²) in [7, 11) is 1.69. The molecule has 0 unspecified atom stereocenters. The number of hydrogen-bond acceptors (Lipinski definition) is 4. The third-order valence-electron chi connectivity index (χ3n) is 1.23. The minimum atomic E-state index is -0.498. The molecule has 0 bridgehead atoms. The maximum atomic E-state index is 5.28. The second-order valence-corrected chi connectivity index (χ2v) is 2.58. The van der Waals surface area contributed by atoms with Gasteiger partial charge in [0, 0.05) is 7.05 Å². The summed E-state index contributed by atoms with van der Waals surface area (Å²) in [5.74, 6) is -0.498. The van der Waals surface area contributed by atoms with Gasteiger partial charge in [-0.05, 0) is 13.8 Å². The van der Waals surface area contributed by atoms with Crippen molar-refractivity contribution in [1.82, 2.24) is 5.48 Å². The van der Waals surface area contributed by atoms with E-state index < -0.39 is 5.79 Å². The molecule has 60 valence electrons. The largest absolute Gasteiger partial charge is 0.345 e. The third kappa shape index (κ3) is 1.91. The lowest BCUT2D eigenvalue weighted by molar-refractivity contribution is -0.206. The maximum Gasteiger partial charge on any atom is 0.203 e. The van der Waals surface area contributed by atoms with Gasteiger partial charge >= 0.3 is 0 Å². The van der Waals surface area contributed by atoms with Crippen molar-refractivity contribution in [3.05, 3.63) is 0 Å². The maximum absolute atomic E-state index is 5.28. The molecule has 1 saturated heterocycles. The van der Waals surface area contributed by atoms with Crippen molar-refractivity contribution in [3.63, 3.8) is 0 Å². The topological polar surface area (TPSA) is 39.7 Å². The lowest BCUT2D eigenvalue weighted by Crippen LogP contribution is -2.26. The molecule has 1 aliphatic rings. The summed E-state index contributed by atoms with van der Waals surface area (Å²) < 4.78 is 10.5. The second kappa shape index (κ2) is 2.84. The van der Waals surface area contributed by atoms with Crippen molar-refractivity contribution in [2.75, 3.05) is 13.7 Å². The number of nitrogens with one attached hydrogen (secondary N) is 1. The predicted octanol–water partition coefficient (Wildman–Crippen LogP) is 0.246. The minimum Gasteiger partial charge on any atom is -0.345 e. The van der Waals surface area contributed by atoms with Crippen LogP contribution in [0.4, 0.5) is 0 Å². The molecule has 1 fully saturated rings. The number of hydroxylamine groups is 1. The molecule has 1 N–H and O–H groups in total. The average Bonchev–Trinajstić information content (AvgIpc) is 2.12. The average molecular weight is 147 g/mol. The van der Waals surface area contributed by atoms with Crippen LogP contribution >= 0.6 is 0 Å². The van der Waals surface area contributed by atoms with E-state index in [0.29, 0.717) is 6.61 Å². The van der Waals surface area contributed by atoms with Crippen LogP contribution in [0.25, 0.3) is 0 Å². The van der Waals surface area contributed by atoms with Gasteiger partial charge < -0.3 is 9.47 Å². The molecule has 1 atom stereocenters. The Balaban J connectivity index is 2.29. The Morgan fingerprint density at radius 2 is 2.30 bits per heavy atom. The van der Waals surface area contributed by atoms with E-state index in [4.69, 9.17) is 14.3 Å². The van der Waals surface area contributed by atoms with Crippen molar-refractivity contribution in [2.45, 2.75) is 25.9 Å². The van der Waals surface area contributed by atoms with E-state index in [2.05, 4.69) is 5.48 Å². The van der Waals surface area contributed by atoms with Crippen molar-refractivity contribution in [2.24, 2.45) is 0 Å². The Morgan fingerprint density at radius 1 is 1.60 bits per heavy atom. The number of ether oxygens (including phenoxy) is 2. The SMILES string of the molecule is CNO[C@H]1COC(C)(C)O1. The minimum absolute atomic E-state index is 0.278. The highest BCUT2D eigenvalue weighted by molar-refractivity contribution is 4.63. The Labute approximate surface area is 60.4 Å². The van der Waals surface area contributed by atoms with Crippen LogP contribution in [0.15, 0.2) is 0 Å². The Morgan fingerprint density at radius 3 is 2.70 bits per heavy atom. The smallest absolute Gasteiger partial charge is 0.203 e. The molecule has 0 aromatic rings. The van der Waals surface area contributed by atoms with Crippen LogP contribution in [0.3, 0.4) is 0 Å². The molecular formula is C6H13NO3. The zero-order chi connectivity index (χ0) is 7.61. The van der Waals surface area contributed by atoms with E-state index in [1.165, 1.54) is 0 Å². The first-order chi connectivity index (χ1) is 4.64. The normalized spacial score (nSPS) is 30.9. The van der Waals surface area contributed by atoms with Gasteiger partial charge in [-0.15, -0.1) is 0 Å². The van der Waals surface area contributed by atoms with Crippen molar-refractivity contribution in [3.8, 4) is 0 Å². The van der Waals surface area contributed by atoms with Gasteiger partial charge in [0.2, 0.25) is 6.29 Å². The van der Waals surface area contributed by atoms with Crippen LogP contribution in [0.1, 0.15) is 13.8 Å². The summed E-state index contributed by atoms with van der Waals surface area (Å²) in [6.07, 6.45) is -0.278. The van der Waals surface area contributed by atoms with E-state index in [1.54, 1.807) is 7.05 Å². The Bertz CT molecular complexity index is 116. The first-order valence-corrected chi connectivity index (χ1v) is 3.28. The van der Waals surface area contributed by atoms with E-state index in [0.717, 1.165) is 0 Å². The lowest BCUT2D eigenvalue weighted by Gasteiger charge is -2.16. The summed E-state index contributed by atoms with van der Waals surface area (Å²) >= 11 is 0. The van der Waals surface area contributed by atoms with Crippen LogP contribution in [-0.2, 0) is 14.3 Å². The molecular weight excluding hydrogens is 134 g/mol. The van der Waals surface area contributed by atoms with E-state index in [9.17, 15) is 0 Å². The van der Waals surface area contributed by atoms with Crippen LogP contribution in [0, 0.1) is 0 Å². The number of rotatable bonds is 2. The number of hydrogen-bond donors (Lipinski definition) is 1. The molecule has 4 heteroatoms. The molecule has 0 amide bonds. The molecule has 0 saturated carbocycles. The molecule has 0 aromatic carbocycles. The summed E-state index contributed by atoms with van der Waals surface area (Å²) in [6, 6.07) is 0. The fourth-order valence-electron chi connectivity index (χ4n) is 0.843. The molecule has 10 heavy (non-hydrogen) atoms. The fraction of sp³-hybridized carbons (Fsp3) is 1.00. The first-order valence-electron chi connectivity index (χ1n) is 3.28. The monoisotopic (exact) mass is 147 g/mol. The van der Waals surface area contributed by atoms with E-state index in [1.807, 2.05) is 13.8 Å². The van der Waals surface area contributed by atoms with Crippen LogP contribution in [0.2, 0.25) is 0 Å². The fourth-order valence-corrected chi connectivity index (χ4v) is 0.843. The third-order valence-corrected chi connectivity index (χ3v) is 1.23. The highest BCUT2D eigenvalue weighted by Gasteiger charge is 2.33. The van der Waals surface area contributed by atoms with Gasteiger partial charge in [0.05, 0.1) is 0 Å².